The first-order chi connectivity index (χ1) is 12.6. The standard InChI is InChI=1S/C18H21N3O5/c22-16(21-8-10-25-11-9-21)12-26-17(23)7-3-6-15-19-14-5-2-1-4-13(14)18(24)20-15/h1-2,4-5H,3,6-12H2,(H,19,20,24). The average Bonchev–Trinajstić information content (AvgIpc) is 2.67. The number of nitrogens with one attached hydrogen (secondary N) is 1. The highest BCUT2D eigenvalue weighted by molar-refractivity contribution is 5.80. The van der Waals surface area contributed by atoms with Gasteiger partial charge in [0.05, 0.1) is 24.1 Å². The van der Waals surface area contributed by atoms with Gasteiger partial charge in [-0.15, -0.1) is 0 Å². The van der Waals surface area contributed by atoms with Crippen molar-refractivity contribution in [3.63, 3.8) is 0 Å². The molecule has 1 aromatic heterocycles. The van der Waals surface area contributed by atoms with Gasteiger partial charge in [0, 0.05) is 25.9 Å². The van der Waals surface area contributed by atoms with Gasteiger partial charge in [0.15, 0.2) is 6.61 Å². The molecule has 0 aliphatic carbocycles. The Hall–Kier alpha value is -2.74. The van der Waals surface area contributed by atoms with Crippen molar-refractivity contribution in [1.82, 2.24) is 14.9 Å². The van der Waals surface area contributed by atoms with Gasteiger partial charge in [0.2, 0.25) is 0 Å². The van der Waals surface area contributed by atoms with Crippen LogP contribution in [0.1, 0.15) is 18.7 Å². The summed E-state index contributed by atoms with van der Waals surface area (Å²) in [5.41, 5.74) is 0.439. The van der Waals surface area contributed by atoms with Crippen LogP contribution in [0.4, 0.5) is 0 Å². The van der Waals surface area contributed by atoms with E-state index in [4.69, 9.17) is 9.47 Å². The Labute approximate surface area is 150 Å². The van der Waals surface area contributed by atoms with Crippen molar-refractivity contribution in [2.45, 2.75) is 19.3 Å². The topological polar surface area (TPSA) is 102 Å². The van der Waals surface area contributed by atoms with Gasteiger partial charge >= 0.3 is 5.97 Å². The van der Waals surface area contributed by atoms with Gasteiger partial charge in [-0.05, 0) is 18.6 Å². The van der Waals surface area contributed by atoms with Crippen LogP contribution in [0.15, 0.2) is 29.1 Å². The minimum Gasteiger partial charge on any atom is -0.456 e. The molecule has 0 spiro atoms. The number of H-pyrrole nitrogens is 1. The van der Waals surface area contributed by atoms with E-state index in [2.05, 4.69) is 9.97 Å². The molecule has 1 aromatic carbocycles. The SMILES string of the molecule is O=C(CCCc1nc2ccccc2c(=O)[nH]1)OCC(=O)N1CCOCC1. The number of hydrogen-bond acceptors (Lipinski definition) is 6. The fourth-order valence-corrected chi connectivity index (χ4v) is 2.77. The van der Waals surface area contributed by atoms with Crippen LogP contribution in [0, 0.1) is 0 Å². The first-order valence-corrected chi connectivity index (χ1v) is 8.62. The Bertz CT molecular complexity index is 842. The van der Waals surface area contributed by atoms with Crippen LogP contribution in [0.25, 0.3) is 10.9 Å². The van der Waals surface area contributed by atoms with Crippen molar-refractivity contribution in [3.05, 3.63) is 40.4 Å². The van der Waals surface area contributed by atoms with Crippen LogP contribution < -0.4 is 5.56 Å². The molecule has 1 aliphatic heterocycles. The number of carbonyl (C=O) groups is 2. The second-order valence-corrected chi connectivity index (χ2v) is 6.04. The first kappa shape index (κ1) is 18.1. The molecule has 8 nitrogen and oxygen atoms in total. The number of ether oxygens (including phenoxy) is 2. The highest BCUT2D eigenvalue weighted by atomic mass is 16.5. The molecular formula is C18H21N3O5. The molecule has 0 bridgehead atoms. The number of para-hydroxylation sites is 1. The zero-order valence-electron chi connectivity index (χ0n) is 14.4. The summed E-state index contributed by atoms with van der Waals surface area (Å²) in [5, 5.41) is 0.539. The number of aryl methyl sites for hydroxylation is 1. The number of aromatic amines is 1. The van der Waals surface area contributed by atoms with Crippen LogP contribution in [-0.4, -0.2) is 59.7 Å². The summed E-state index contributed by atoms with van der Waals surface area (Å²) in [6, 6.07) is 7.10. The molecule has 0 saturated carbocycles. The lowest BCUT2D eigenvalue weighted by Gasteiger charge is -2.26. The lowest BCUT2D eigenvalue weighted by atomic mass is 10.2. The van der Waals surface area contributed by atoms with Crippen molar-refractivity contribution in [2.24, 2.45) is 0 Å². The zero-order chi connectivity index (χ0) is 18.4. The number of fused-ring (bicyclic) bond motifs is 1. The van der Waals surface area contributed by atoms with Crippen LogP contribution in [0.5, 0.6) is 0 Å². The zero-order valence-corrected chi connectivity index (χ0v) is 14.4. The molecular weight excluding hydrogens is 338 g/mol. The van der Waals surface area contributed by atoms with E-state index < -0.39 is 5.97 Å². The van der Waals surface area contributed by atoms with Gasteiger partial charge in [-0.1, -0.05) is 12.1 Å². The van der Waals surface area contributed by atoms with E-state index in [0.29, 0.717) is 55.9 Å². The Morgan fingerprint density at radius 1 is 1.23 bits per heavy atom. The molecule has 2 heterocycles. The molecule has 1 saturated heterocycles. The Morgan fingerprint density at radius 3 is 2.81 bits per heavy atom. The predicted molar refractivity (Wildman–Crippen MR) is 93.7 cm³/mol. The maximum absolute atomic E-state index is 12.0. The summed E-state index contributed by atoms with van der Waals surface area (Å²) in [6.07, 6.45) is 1.09. The molecule has 1 N–H and O–H groups in total. The number of aromatic nitrogens is 2. The summed E-state index contributed by atoms with van der Waals surface area (Å²) in [5.74, 6) is -0.109. The second-order valence-electron chi connectivity index (χ2n) is 6.04. The normalized spacial score (nSPS) is 14.4. The van der Waals surface area contributed by atoms with E-state index in [9.17, 15) is 14.4 Å². The summed E-state index contributed by atoms with van der Waals surface area (Å²) in [7, 11) is 0. The third kappa shape index (κ3) is 4.66. The lowest BCUT2D eigenvalue weighted by Crippen LogP contribution is -2.42. The fraction of sp³-hybridized carbons (Fsp3) is 0.444. The van der Waals surface area contributed by atoms with Crippen LogP contribution in [-0.2, 0) is 25.5 Å². The van der Waals surface area contributed by atoms with Crippen molar-refractivity contribution >= 4 is 22.8 Å². The Morgan fingerprint density at radius 2 is 2.00 bits per heavy atom. The smallest absolute Gasteiger partial charge is 0.306 e. The number of nitrogens with zero attached hydrogens (tertiary/aromatic N) is 2. The van der Waals surface area contributed by atoms with Crippen molar-refractivity contribution < 1.29 is 19.1 Å². The molecule has 8 heteroatoms. The third-order valence-electron chi connectivity index (χ3n) is 4.18. The van der Waals surface area contributed by atoms with E-state index in [1.165, 1.54) is 0 Å². The van der Waals surface area contributed by atoms with E-state index in [1.807, 2.05) is 6.07 Å². The Balaban J connectivity index is 1.43. The largest absolute Gasteiger partial charge is 0.456 e. The van der Waals surface area contributed by atoms with Gasteiger partial charge in [-0.25, -0.2) is 4.98 Å². The molecule has 0 unspecified atom stereocenters. The minimum absolute atomic E-state index is 0.160. The molecule has 2 aromatic rings. The molecule has 1 aliphatic rings. The van der Waals surface area contributed by atoms with Gasteiger partial charge in [0.1, 0.15) is 5.82 Å². The molecule has 0 radical (unpaired) electrons. The Kier molecular flexibility index (Phi) is 5.96. The first-order valence-electron chi connectivity index (χ1n) is 8.62. The van der Waals surface area contributed by atoms with Crippen molar-refractivity contribution in [3.8, 4) is 0 Å². The fourth-order valence-electron chi connectivity index (χ4n) is 2.77. The maximum Gasteiger partial charge on any atom is 0.306 e. The van der Waals surface area contributed by atoms with Crippen LogP contribution in [0.3, 0.4) is 0 Å². The van der Waals surface area contributed by atoms with E-state index in [-0.39, 0.29) is 24.5 Å². The average molecular weight is 359 g/mol. The lowest BCUT2D eigenvalue weighted by molar-refractivity contribution is -0.153. The van der Waals surface area contributed by atoms with Crippen LogP contribution in [0.2, 0.25) is 0 Å². The summed E-state index contributed by atoms with van der Waals surface area (Å²) >= 11 is 0. The number of carbonyl (C=O) groups excluding carboxylic acids is 2. The van der Waals surface area contributed by atoms with Gasteiger partial charge in [-0.2, -0.15) is 0 Å². The minimum atomic E-state index is -0.435. The number of hydrogen-bond donors (Lipinski definition) is 1. The van der Waals surface area contributed by atoms with E-state index >= 15 is 0 Å². The van der Waals surface area contributed by atoms with Gasteiger partial charge < -0.3 is 19.4 Å². The monoisotopic (exact) mass is 359 g/mol. The van der Waals surface area contributed by atoms with Crippen LogP contribution >= 0.6 is 0 Å². The molecule has 1 amide bonds. The number of amides is 1. The number of morpholine rings is 1. The van der Waals surface area contributed by atoms with Gasteiger partial charge in [-0.3, -0.25) is 14.4 Å². The molecule has 3 rings (SSSR count). The second kappa shape index (κ2) is 8.57. The number of esters is 1. The third-order valence-corrected chi connectivity index (χ3v) is 4.18. The summed E-state index contributed by atoms with van der Waals surface area (Å²) in [6.45, 7) is 1.83. The molecule has 138 valence electrons. The summed E-state index contributed by atoms with van der Waals surface area (Å²) < 4.78 is 10.2. The predicted octanol–water partition coefficient (Wildman–Crippen LogP) is 0.648. The maximum atomic E-state index is 12.0. The highest BCUT2D eigenvalue weighted by Gasteiger charge is 2.18. The molecule has 0 atom stereocenters. The summed E-state index contributed by atoms with van der Waals surface area (Å²) in [4.78, 5) is 44.4. The molecule has 26 heavy (non-hydrogen) atoms. The van der Waals surface area contributed by atoms with E-state index in [1.54, 1.807) is 23.1 Å². The molecule has 1 fully saturated rings. The van der Waals surface area contributed by atoms with Gasteiger partial charge in [0.25, 0.3) is 11.5 Å². The highest BCUT2D eigenvalue weighted by Crippen LogP contribution is 2.07. The quantitative estimate of drug-likeness (QED) is 0.760. The number of rotatable bonds is 6. The van der Waals surface area contributed by atoms with Crippen molar-refractivity contribution in [2.75, 3.05) is 32.9 Å². The number of benzene rings is 1. The van der Waals surface area contributed by atoms with Crippen molar-refractivity contribution in [1.29, 1.82) is 0 Å². The van der Waals surface area contributed by atoms with E-state index in [0.717, 1.165) is 0 Å².